The number of hydrogen-bond donors (Lipinski definition) is 1. The highest BCUT2D eigenvalue weighted by molar-refractivity contribution is 5.96. The molecule has 0 atom stereocenters. The summed E-state index contributed by atoms with van der Waals surface area (Å²) in [5.41, 5.74) is 8.78. The smallest absolute Gasteiger partial charge is 0.213 e. The fourth-order valence-electron chi connectivity index (χ4n) is 2.32. The predicted molar refractivity (Wildman–Crippen MR) is 79.4 cm³/mol. The van der Waals surface area contributed by atoms with Gasteiger partial charge in [0, 0.05) is 17.8 Å². The van der Waals surface area contributed by atoms with E-state index in [4.69, 9.17) is 5.73 Å². The molecule has 0 aliphatic heterocycles. The zero-order chi connectivity index (χ0) is 13.2. The second-order valence-electron chi connectivity index (χ2n) is 4.48. The summed E-state index contributed by atoms with van der Waals surface area (Å²) in [7, 11) is 0. The Bertz CT molecular complexity index is 746. The molecule has 2 aromatic carbocycles. The van der Waals surface area contributed by atoms with Crippen molar-refractivity contribution in [3.8, 4) is 0 Å². The molecule has 1 aromatic heterocycles. The standard InChI is InChI=1S/C17H15N2/c1-13(19-11-5-2-6-12-19)17-15-8-4-3-7-14(15)9-10-16(17)18/h2-12H,1,18H2/q+1. The summed E-state index contributed by atoms with van der Waals surface area (Å²) in [5, 5.41) is 2.30. The Morgan fingerprint density at radius 3 is 2.42 bits per heavy atom. The van der Waals surface area contributed by atoms with Crippen LogP contribution >= 0.6 is 0 Å². The Morgan fingerprint density at radius 1 is 0.895 bits per heavy atom. The highest BCUT2D eigenvalue weighted by atomic mass is 14.9. The SMILES string of the molecule is C=C(c1c(N)ccc2ccccc12)[n+]1ccccc1. The van der Waals surface area contributed by atoms with Crippen molar-refractivity contribution >= 4 is 22.2 Å². The maximum absolute atomic E-state index is 6.15. The quantitative estimate of drug-likeness (QED) is 0.547. The Morgan fingerprint density at radius 2 is 1.63 bits per heavy atom. The van der Waals surface area contributed by atoms with E-state index in [1.165, 1.54) is 5.39 Å². The van der Waals surface area contributed by atoms with Gasteiger partial charge in [0.2, 0.25) is 5.70 Å². The maximum Gasteiger partial charge on any atom is 0.213 e. The van der Waals surface area contributed by atoms with Crippen molar-refractivity contribution in [2.24, 2.45) is 0 Å². The first kappa shape index (κ1) is 11.5. The molecule has 92 valence electrons. The van der Waals surface area contributed by atoms with Gasteiger partial charge in [-0.15, -0.1) is 0 Å². The van der Waals surface area contributed by atoms with Crippen molar-refractivity contribution in [3.63, 3.8) is 0 Å². The number of anilines is 1. The normalized spacial score (nSPS) is 10.5. The number of nitrogens with two attached hydrogens (primary N) is 1. The minimum atomic E-state index is 0.750. The zero-order valence-corrected chi connectivity index (χ0v) is 10.6. The van der Waals surface area contributed by atoms with Crippen molar-refractivity contribution in [2.75, 3.05) is 5.73 Å². The number of nitrogen functional groups attached to an aromatic ring is 1. The number of benzene rings is 2. The number of nitrogens with zero attached hydrogens (tertiary/aromatic N) is 1. The molecule has 0 fully saturated rings. The number of rotatable bonds is 2. The second-order valence-corrected chi connectivity index (χ2v) is 4.48. The molecule has 0 amide bonds. The summed E-state index contributed by atoms with van der Waals surface area (Å²) in [5.74, 6) is 0. The van der Waals surface area contributed by atoms with E-state index in [9.17, 15) is 0 Å². The maximum atomic E-state index is 6.15. The van der Waals surface area contributed by atoms with Crippen LogP contribution in [0.2, 0.25) is 0 Å². The second kappa shape index (κ2) is 4.58. The van der Waals surface area contributed by atoms with Gasteiger partial charge in [0.25, 0.3) is 0 Å². The lowest BCUT2D eigenvalue weighted by Crippen LogP contribution is -2.31. The molecule has 0 unspecified atom stereocenters. The molecule has 0 spiro atoms. The van der Waals surface area contributed by atoms with E-state index in [-0.39, 0.29) is 0 Å². The van der Waals surface area contributed by atoms with Gasteiger partial charge in [0.15, 0.2) is 12.4 Å². The topological polar surface area (TPSA) is 29.9 Å². The van der Waals surface area contributed by atoms with Crippen molar-refractivity contribution in [2.45, 2.75) is 0 Å². The minimum absolute atomic E-state index is 0.750. The lowest BCUT2D eigenvalue weighted by atomic mass is 10.0. The highest BCUT2D eigenvalue weighted by Gasteiger charge is 2.15. The molecule has 2 nitrogen and oxygen atoms in total. The molecule has 1 heterocycles. The van der Waals surface area contributed by atoms with Crippen molar-refractivity contribution in [1.29, 1.82) is 0 Å². The monoisotopic (exact) mass is 247 g/mol. The molecule has 0 saturated heterocycles. The third kappa shape index (κ3) is 1.97. The Hall–Kier alpha value is -2.61. The van der Waals surface area contributed by atoms with Gasteiger partial charge < -0.3 is 5.73 Å². The minimum Gasteiger partial charge on any atom is -0.398 e. The zero-order valence-electron chi connectivity index (χ0n) is 10.6. The molecule has 0 bridgehead atoms. The van der Waals surface area contributed by atoms with E-state index >= 15 is 0 Å². The largest absolute Gasteiger partial charge is 0.398 e. The number of aromatic nitrogens is 1. The van der Waals surface area contributed by atoms with Crippen LogP contribution in [0.15, 0.2) is 73.6 Å². The third-order valence-corrected chi connectivity index (χ3v) is 3.28. The molecule has 0 saturated carbocycles. The van der Waals surface area contributed by atoms with Crippen LogP contribution < -0.4 is 10.3 Å². The fourth-order valence-corrected chi connectivity index (χ4v) is 2.32. The summed E-state index contributed by atoms with van der Waals surface area (Å²) in [4.78, 5) is 0. The van der Waals surface area contributed by atoms with Crippen molar-refractivity contribution in [3.05, 3.63) is 79.1 Å². The lowest BCUT2D eigenvalue weighted by molar-refractivity contribution is -0.578. The van der Waals surface area contributed by atoms with Crippen molar-refractivity contribution < 1.29 is 4.57 Å². The lowest BCUT2D eigenvalue weighted by Gasteiger charge is -2.08. The fraction of sp³-hybridized carbons (Fsp3) is 0. The van der Waals surface area contributed by atoms with Crippen LogP contribution in [0.5, 0.6) is 0 Å². The molecule has 19 heavy (non-hydrogen) atoms. The first-order chi connectivity index (χ1) is 9.27. The van der Waals surface area contributed by atoms with Gasteiger partial charge in [-0.3, -0.25) is 0 Å². The molecule has 2 heteroatoms. The Labute approximate surface area is 112 Å². The molecule has 3 aromatic rings. The van der Waals surface area contributed by atoms with Crippen LogP contribution in [0.1, 0.15) is 5.56 Å². The van der Waals surface area contributed by atoms with Gasteiger partial charge in [-0.1, -0.05) is 36.4 Å². The molecule has 3 rings (SSSR count). The van der Waals surface area contributed by atoms with Crippen LogP contribution in [0.3, 0.4) is 0 Å². The number of fused-ring (bicyclic) bond motifs is 1. The van der Waals surface area contributed by atoms with E-state index in [0.29, 0.717) is 0 Å². The molecule has 0 aliphatic rings. The first-order valence-electron chi connectivity index (χ1n) is 6.20. The van der Waals surface area contributed by atoms with Gasteiger partial charge >= 0.3 is 0 Å². The van der Waals surface area contributed by atoms with E-state index < -0.39 is 0 Å². The van der Waals surface area contributed by atoms with Gasteiger partial charge in [-0.2, -0.15) is 4.57 Å². The van der Waals surface area contributed by atoms with E-state index in [0.717, 1.165) is 22.3 Å². The summed E-state index contributed by atoms with van der Waals surface area (Å²) in [6.45, 7) is 4.19. The van der Waals surface area contributed by atoms with Crippen LogP contribution in [-0.4, -0.2) is 0 Å². The number of hydrogen-bond acceptors (Lipinski definition) is 1. The van der Waals surface area contributed by atoms with Gasteiger partial charge in [0.05, 0.1) is 5.56 Å². The van der Waals surface area contributed by atoms with Crippen LogP contribution in [0.4, 0.5) is 5.69 Å². The molecular weight excluding hydrogens is 232 g/mol. The highest BCUT2D eigenvalue weighted by Crippen LogP contribution is 2.28. The van der Waals surface area contributed by atoms with Crippen molar-refractivity contribution in [1.82, 2.24) is 0 Å². The summed E-state index contributed by atoms with van der Waals surface area (Å²) in [6, 6.07) is 18.1. The van der Waals surface area contributed by atoms with Crippen LogP contribution in [0, 0.1) is 0 Å². The summed E-state index contributed by atoms with van der Waals surface area (Å²) in [6.07, 6.45) is 3.95. The van der Waals surface area contributed by atoms with Gasteiger partial charge in [0.1, 0.15) is 0 Å². The van der Waals surface area contributed by atoms with E-state index in [1.54, 1.807) is 0 Å². The Balaban J connectivity index is 2.25. The Kier molecular flexibility index (Phi) is 2.76. The van der Waals surface area contributed by atoms with E-state index in [1.807, 2.05) is 59.4 Å². The van der Waals surface area contributed by atoms with Crippen LogP contribution in [0.25, 0.3) is 16.5 Å². The molecule has 2 N–H and O–H groups in total. The van der Waals surface area contributed by atoms with Gasteiger partial charge in [-0.05, 0) is 23.4 Å². The van der Waals surface area contributed by atoms with E-state index in [2.05, 4.69) is 18.7 Å². The first-order valence-corrected chi connectivity index (χ1v) is 6.20. The summed E-state index contributed by atoms with van der Waals surface area (Å²) >= 11 is 0. The van der Waals surface area contributed by atoms with Gasteiger partial charge in [-0.25, -0.2) is 0 Å². The average molecular weight is 247 g/mol. The molecular formula is C17H15N2+. The van der Waals surface area contributed by atoms with Crippen LogP contribution in [-0.2, 0) is 0 Å². The predicted octanol–water partition coefficient (Wildman–Crippen LogP) is 3.23. The third-order valence-electron chi connectivity index (χ3n) is 3.28. The average Bonchev–Trinajstić information content (AvgIpc) is 2.47. The summed E-state index contributed by atoms with van der Waals surface area (Å²) < 4.78 is 1.98. The molecule has 0 radical (unpaired) electrons. The molecule has 0 aliphatic carbocycles. The number of pyridine rings is 1.